The second kappa shape index (κ2) is 13.8. The summed E-state index contributed by atoms with van der Waals surface area (Å²) >= 11 is 0. The van der Waals surface area contributed by atoms with Crippen LogP contribution in [0.3, 0.4) is 0 Å². The van der Waals surface area contributed by atoms with Crippen molar-refractivity contribution in [1.82, 2.24) is 10.2 Å². The number of carbonyl (C=O) groups is 2. The van der Waals surface area contributed by atoms with Crippen molar-refractivity contribution in [3.8, 4) is 0 Å². The third kappa shape index (κ3) is 9.46. The molecule has 0 bridgehead atoms. The van der Waals surface area contributed by atoms with E-state index < -0.39 is 21.6 Å². The first kappa shape index (κ1) is 31.9. The number of amides is 2. The van der Waals surface area contributed by atoms with Gasteiger partial charge in [0.2, 0.25) is 21.8 Å². The standard InChI is InChI=1S/C33H43N3O4S/c1-25-15-13-20-29(26(25)2)36(41(6,39)40)22-14-21-31(37)35(24-28-18-11-8-12-19-28)30(32(38)34-33(3,4)5)23-27-16-9-7-10-17-27/h7-13,15-20,30H,14,21-24H2,1-6H3,(H,34,38). The molecule has 0 aliphatic rings. The zero-order chi connectivity index (χ0) is 30.2. The molecule has 0 spiro atoms. The fourth-order valence-corrected chi connectivity index (χ4v) is 5.79. The van der Waals surface area contributed by atoms with Crippen LogP contribution in [0.1, 0.15) is 55.9 Å². The van der Waals surface area contributed by atoms with Crippen LogP contribution in [0.25, 0.3) is 0 Å². The monoisotopic (exact) mass is 577 g/mol. The minimum absolute atomic E-state index is 0.0950. The summed E-state index contributed by atoms with van der Waals surface area (Å²) in [7, 11) is -3.57. The van der Waals surface area contributed by atoms with E-state index >= 15 is 0 Å². The van der Waals surface area contributed by atoms with Gasteiger partial charge in [-0.2, -0.15) is 0 Å². The molecule has 220 valence electrons. The first-order valence-electron chi connectivity index (χ1n) is 14.0. The summed E-state index contributed by atoms with van der Waals surface area (Å²) in [5.74, 6) is -0.424. The maximum absolute atomic E-state index is 13.9. The predicted octanol–water partition coefficient (Wildman–Crippen LogP) is 5.40. The Morgan fingerprint density at radius 3 is 2.00 bits per heavy atom. The molecule has 3 aromatic carbocycles. The third-order valence-electron chi connectivity index (χ3n) is 6.96. The first-order valence-corrected chi connectivity index (χ1v) is 15.8. The van der Waals surface area contributed by atoms with Gasteiger partial charge in [-0.3, -0.25) is 13.9 Å². The molecule has 0 heterocycles. The summed E-state index contributed by atoms with van der Waals surface area (Å²) in [6.45, 7) is 10.0. The Bertz CT molecular complexity index is 1420. The molecule has 1 unspecified atom stereocenters. The van der Waals surface area contributed by atoms with E-state index in [1.54, 1.807) is 11.0 Å². The average Bonchev–Trinajstić information content (AvgIpc) is 2.90. The van der Waals surface area contributed by atoms with Crippen molar-refractivity contribution >= 4 is 27.5 Å². The Hall–Kier alpha value is -3.65. The molecule has 1 N–H and O–H groups in total. The van der Waals surface area contributed by atoms with Crippen LogP contribution in [0.4, 0.5) is 5.69 Å². The summed E-state index contributed by atoms with van der Waals surface area (Å²) in [5, 5.41) is 3.07. The lowest BCUT2D eigenvalue weighted by atomic mass is 10.00. The Morgan fingerprint density at radius 2 is 1.44 bits per heavy atom. The summed E-state index contributed by atoms with van der Waals surface area (Å²) in [4.78, 5) is 29.2. The third-order valence-corrected chi connectivity index (χ3v) is 8.14. The smallest absolute Gasteiger partial charge is 0.243 e. The SMILES string of the molecule is Cc1cccc(N(CCCC(=O)N(Cc2ccccc2)C(Cc2ccccc2)C(=O)NC(C)(C)C)S(C)(=O)=O)c1C. The summed E-state index contributed by atoms with van der Waals surface area (Å²) in [6.07, 6.45) is 1.95. The van der Waals surface area contributed by atoms with Crippen molar-refractivity contribution in [3.63, 3.8) is 0 Å². The molecule has 41 heavy (non-hydrogen) atoms. The lowest BCUT2D eigenvalue weighted by Crippen LogP contribution is -2.54. The summed E-state index contributed by atoms with van der Waals surface area (Å²) in [6, 6.07) is 24.1. The van der Waals surface area contributed by atoms with Crippen LogP contribution < -0.4 is 9.62 Å². The highest BCUT2D eigenvalue weighted by atomic mass is 32.2. The fraction of sp³-hybridized carbons (Fsp3) is 0.394. The second-order valence-electron chi connectivity index (χ2n) is 11.6. The van der Waals surface area contributed by atoms with Crippen LogP contribution >= 0.6 is 0 Å². The molecule has 0 saturated carbocycles. The average molecular weight is 578 g/mol. The van der Waals surface area contributed by atoms with Gasteiger partial charge in [0.1, 0.15) is 6.04 Å². The number of aryl methyl sites for hydroxylation is 1. The molecule has 0 aromatic heterocycles. The van der Waals surface area contributed by atoms with Crippen LogP contribution in [0, 0.1) is 13.8 Å². The number of anilines is 1. The van der Waals surface area contributed by atoms with Crippen molar-refractivity contribution in [3.05, 3.63) is 101 Å². The van der Waals surface area contributed by atoms with Crippen LogP contribution in [-0.4, -0.2) is 49.5 Å². The number of benzene rings is 3. The molecule has 3 aromatic rings. The van der Waals surface area contributed by atoms with Crippen molar-refractivity contribution < 1.29 is 18.0 Å². The van der Waals surface area contributed by atoms with Gasteiger partial charge in [-0.1, -0.05) is 72.8 Å². The Balaban J connectivity index is 1.90. The van der Waals surface area contributed by atoms with E-state index in [1.165, 1.54) is 10.6 Å². The van der Waals surface area contributed by atoms with Gasteiger partial charge in [0.05, 0.1) is 11.9 Å². The Kier molecular flexibility index (Phi) is 10.7. The molecule has 0 aliphatic carbocycles. The molecule has 2 amide bonds. The molecule has 0 saturated heterocycles. The number of rotatable bonds is 12. The summed E-state index contributed by atoms with van der Waals surface area (Å²) in [5.41, 5.74) is 3.88. The lowest BCUT2D eigenvalue weighted by molar-refractivity contribution is -0.142. The first-order chi connectivity index (χ1) is 19.3. The largest absolute Gasteiger partial charge is 0.350 e. The van der Waals surface area contributed by atoms with Gasteiger partial charge in [-0.05, 0) is 69.4 Å². The van der Waals surface area contributed by atoms with E-state index in [9.17, 15) is 18.0 Å². The minimum Gasteiger partial charge on any atom is -0.350 e. The van der Waals surface area contributed by atoms with E-state index in [-0.39, 0.29) is 31.3 Å². The van der Waals surface area contributed by atoms with E-state index in [2.05, 4.69) is 5.32 Å². The fourth-order valence-electron chi connectivity index (χ4n) is 4.78. The highest BCUT2D eigenvalue weighted by Gasteiger charge is 2.32. The number of hydrogen-bond donors (Lipinski definition) is 1. The van der Waals surface area contributed by atoms with Crippen molar-refractivity contribution in [2.24, 2.45) is 0 Å². The van der Waals surface area contributed by atoms with Gasteiger partial charge < -0.3 is 10.2 Å². The van der Waals surface area contributed by atoms with Gasteiger partial charge in [0, 0.05) is 31.5 Å². The number of nitrogens with one attached hydrogen (secondary N) is 1. The number of hydrogen-bond acceptors (Lipinski definition) is 4. The molecule has 8 heteroatoms. The molecular formula is C33H43N3O4S. The zero-order valence-corrected chi connectivity index (χ0v) is 25.9. The van der Waals surface area contributed by atoms with E-state index in [4.69, 9.17) is 0 Å². The van der Waals surface area contributed by atoms with Gasteiger partial charge in [-0.25, -0.2) is 8.42 Å². The molecule has 1 atom stereocenters. The highest BCUT2D eigenvalue weighted by Crippen LogP contribution is 2.26. The number of sulfonamides is 1. The van der Waals surface area contributed by atoms with Crippen LogP contribution in [0.15, 0.2) is 78.9 Å². The van der Waals surface area contributed by atoms with Gasteiger partial charge in [-0.15, -0.1) is 0 Å². The molecular weight excluding hydrogens is 534 g/mol. The van der Waals surface area contributed by atoms with Crippen molar-refractivity contribution in [2.75, 3.05) is 17.1 Å². The quantitative estimate of drug-likeness (QED) is 0.312. The molecule has 7 nitrogen and oxygen atoms in total. The van der Waals surface area contributed by atoms with Crippen molar-refractivity contribution in [1.29, 1.82) is 0 Å². The van der Waals surface area contributed by atoms with Crippen LogP contribution in [0.5, 0.6) is 0 Å². The number of nitrogens with zero attached hydrogens (tertiary/aromatic N) is 2. The summed E-state index contributed by atoms with van der Waals surface area (Å²) < 4.78 is 26.9. The van der Waals surface area contributed by atoms with Crippen LogP contribution in [-0.2, 0) is 32.6 Å². The Morgan fingerprint density at radius 1 is 0.854 bits per heavy atom. The highest BCUT2D eigenvalue weighted by molar-refractivity contribution is 7.92. The lowest BCUT2D eigenvalue weighted by Gasteiger charge is -2.34. The van der Waals surface area contributed by atoms with Gasteiger partial charge >= 0.3 is 0 Å². The predicted molar refractivity (Wildman–Crippen MR) is 166 cm³/mol. The van der Waals surface area contributed by atoms with E-state index in [1.807, 2.05) is 107 Å². The minimum atomic E-state index is -3.57. The zero-order valence-electron chi connectivity index (χ0n) is 25.1. The topological polar surface area (TPSA) is 86.8 Å². The second-order valence-corrected chi connectivity index (χ2v) is 13.5. The molecule has 0 aliphatic heterocycles. The maximum Gasteiger partial charge on any atom is 0.243 e. The van der Waals surface area contributed by atoms with Gasteiger partial charge in [0.15, 0.2) is 0 Å². The molecule has 0 radical (unpaired) electrons. The number of carbonyl (C=O) groups excluding carboxylic acids is 2. The normalized spacial score (nSPS) is 12.4. The molecule has 0 fully saturated rings. The van der Waals surface area contributed by atoms with Crippen molar-refractivity contribution in [2.45, 2.75) is 72.0 Å². The van der Waals surface area contributed by atoms with E-state index in [0.717, 1.165) is 22.3 Å². The Labute approximate surface area is 245 Å². The van der Waals surface area contributed by atoms with E-state index in [0.29, 0.717) is 18.5 Å². The van der Waals surface area contributed by atoms with Gasteiger partial charge in [0.25, 0.3) is 0 Å². The molecule has 3 rings (SSSR count). The maximum atomic E-state index is 13.9. The van der Waals surface area contributed by atoms with Crippen LogP contribution in [0.2, 0.25) is 0 Å².